The fraction of sp³-hybridized carbons (Fsp3) is 0.636. The van der Waals surface area contributed by atoms with E-state index in [2.05, 4.69) is 14.9 Å². The van der Waals surface area contributed by atoms with Gasteiger partial charge in [-0.1, -0.05) is 0 Å². The van der Waals surface area contributed by atoms with Crippen molar-refractivity contribution in [2.24, 2.45) is 5.73 Å². The van der Waals surface area contributed by atoms with Crippen LogP contribution in [0.1, 0.15) is 23.5 Å². The number of hydrogen-bond donors (Lipinski definition) is 1. The molecule has 1 fully saturated rings. The number of rotatable bonds is 1. The van der Waals surface area contributed by atoms with E-state index < -0.39 is 0 Å². The second kappa shape index (κ2) is 3.68. The van der Waals surface area contributed by atoms with Crippen molar-refractivity contribution in [3.8, 4) is 0 Å². The smallest absolute Gasteiger partial charge is 0.138 e. The van der Waals surface area contributed by atoms with Crippen molar-refractivity contribution in [1.82, 2.24) is 9.97 Å². The molecule has 0 radical (unpaired) electrons. The molecule has 0 amide bonds. The van der Waals surface area contributed by atoms with E-state index >= 15 is 0 Å². The van der Waals surface area contributed by atoms with Gasteiger partial charge >= 0.3 is 0 Å². The summed E-state index contributed by atoms with van der Waals surface area (Å²) in [5.74, 6) is 1.85. The van der Waals surface area contributed by atoms with E-state index in [0.29, 0.717) is 13.2 Å². The molecule has 1 aromatic heterocycles. The molecule has 3 rings (SSSR count). The Morgan fingerprint density at radius 3 is 3.00 bits per heavy atom. The van der Waals surface area contributed by atoms with E-state index in [1.807, 2.05) is 6.92 Å². The summed E-state index contributed by atoms with van der Waals surface area (Å²) in [5, 5.41) is 0. The average Bonchev–Trinajstić information content (AvgIpc) is 2.84. The molecule has 0 aromatic carbocycles. The van der Waals surface area contributed by atoms with Gasteiger partial charge in [0.2, 0.25) is 0 Å². The zero-order valence-electron chi connectivity index (χ0n) is 9.44. The van der Waals surface area contributed by atoms with Crippen molar-refractivity contribution in [3.05, 3.63) is 17.1 Å². The minimum Gasteiger partial charge on any atom is -0.370 e. The van der Waals surface area contributed by atoms with Gasteiger partial charge in [-0.25, -0.2) is 9.97 Å². The second-order valence-electron chi connectivity index (χ2n) is 4.51. The molecule has 5 nitrogen and oxygen atoms in total. The van der Waals surface area contributed by atoms with Crippen LogP contribution in [0.2, 0.25) is 0 Å². The first-order valence-corrected chi connectivity index (χ1v) is 5.68. The molecule has 3 heterocycles. The summed E-state index contributed by atoms with van der Waals surface area (Å²) in [4.78, 5) is 11.2. The van der Waals surface area contributed by atoms with Crippen LogP contribution in [0.25, 0.3) is 0 Å². The number of aromatic nitrogens is 2. The Hall–Kier alpha value is -1.20. The molecule has 1 unspecified atom stereocenters. The van der Waals surface area contributed by atoms with Crippen molar-refractivity contribution < 1.29 is 4.74 Å². The van der Waals surface area contributed by atoms with Gasteiger partial charge in [-0.05, 0) is 13.3 Å². The summed E-state index contributed by atoms with van der Waals surface area (Å²) in [6.07, 6.45) is 1.04. The zero-order valence-corrected chi connectivity index (χ0v) is 9.44. The fourth-order valence-corrected chi connectivity index (χ4v) is 2.40. The van der Waals surface area contributed by atoms with Crippen molar-refractivity contribution in [2.75, 3.05) is 18.0 Å². The standard InChI is InChI=1S/C11H16N4O/c1-7-13-10-6-16-5-9(10)11(14-7)15-3-2-8(12)4-15/h8H,2-6,12H2,1H3. The number of ether oxygens (including phenoxy) is 1. The minimum atomic E-state index is 0.272. The molecule has 1 atom stereocenters. The van der Waals surface area contributed by atoms with Crippen LogP contribution in [-0.2, 0) is 18.0 Å². The molecule has 0 bridgehead atoms. The van der Waals surface area contributed by atoms with Gasteiger partial charge in [-0.2, -0.15) is 0 Å². The lowest BCUT2D eigenvalue weighted by molar-refractivity contribution is 0.133. The first-order chi connectivity index (χ1) is 7.74. The number of nitrogens with zero attached hydrogens (tertiary/aromatic N) is 3. The van der Waals surface area contributed by atoms with Crippen LogP contribution in [0, 0.1) is 6.92 Å². The molecule has 0 spiro atoms. The molecule has 5 heteroatoms. The molecule has 16 heavy (non-hydrogen) atoms. The maximum Gasteiger partial charge on any atom is 0.138 e. The fourth-order valence-electron chi connectivity index (χ4n) is 2.40. The van der Waals surface area contributed by atoms with Crippen molar-refractivity contribution in [1.29, 1.82) is 0 Å². The third-order valence-electron chi connectivity index (χ3n) is 3.19. The summed E-state index contributed by atoms with van der Waals surface area (Å²) < 4.78 is 5.44. The Morgan fingerprint density at radius 1 is 1.38 bits per heavy atom. The maximum atomic E-state index is 5.93. The maximum absolute atomic E-state index is 5.93. The summed E-state index contributed by atoms with van der Waals surface area (Å²) in [6.45, 7) is 5.06. The molecular formula is C11H16N4O. The average molecular weight is 220 g/mol. The minimum absolute atomic E-state index is 0.272. The molecule has 1 aromatic rings. The van der Waals surface area contributed by atoms with Crippen molar-refractivity contribution in [3.63, 3.8) is 0 Å². The normalized spacial score (nSPS) is 23.9. The SMILES string of the molecule is Cc1nc2c(c(N3CCC(N)C3)n1)COC2. The third kappa shape index (κ3) is 1.56. The molecule has 2 N–H and O–H groups in total. The highest BCUT2D eigenvalue weighted by atomic mass is 16.5. The molecule has 2 aliphatic heterocycles. The van der Waals surface area contributed by atoms with Crippen molar-refractivity contribution in [2.45, 2.75) is 32.6 Å². The highest BCUT2D eigenvalue weighted by molar-refractivity contribution is 5.51. The number of fused-ring (bicyclic) bond motifs is 1. The first-order valence-electron chi connectivity index (χ1n) is 5.68. The van der Waals surface area contributed by atoms with Gasteiger partial charge in [0.1, 0.15) is 11.6 Å². The molecule has 2 aliphatic rings. The Bertz CT molecular complexity index is 421. The molecule has 0 saturated carbocycles. The topological polar surface area (TPSA) is 64.3 Å². The Kier molecular flexibility index (Phi) is 2.29. The van der Waals surface area contributed by atoms with Crippen LogP contribution in [0.3, 0.4) is 0 Å². The number of aryl methyl sites for hydroxylation is 1. The van der Waals surface area contributed by atoms with E-state index in [9.17, 15) is 0 Å². The lowest BCUT2D eigenvalue weighted by Crippen LogP contribution is -2.28. The van der Waals surface area contributed by atoms with Crippen molar-refractivity contribution >= 4 is 5.82 Å². The Balaban J connectivity index is 2.00. The Morgan fingerprint density at radius 2 is 2.25 bits per heavy atom. The summed E-state index contributed by atoms with van der Waals surface area (Å²) in [7, 11) is 0. The largest absolute Gasteiger partial charge is 0.370 e. The van der Waals surface area contributed by atoms with Crippen LogP contribution in [0.4, 0.5) is 5.82 Å². The first kappa shape index (κ1) is 9.99. The monoisotopic (exact) mass is 220 g/mol. The summed E-state index contributed by atoms with van der Waals surface area (Å²) in [6, 6.07) is 0.272. The van der Waals surface area contributed by atoms with Gasteiger partial charge in [-0.3, -0.25) is 0 Å². The quantitative estimate of drug-likeness (QED) is 0.740. The van der Waals surface area contributed by atoms with Crippen LogP contribution >= 0.6 is 0 Å². The van der Waals surface area contributed by atoms with E-state index in [-0.39, 0.29) is 6.04 Å². The predicted octanol–water partition coefficient (Wildman–Crippen LogP) is 0.353. The Labute approximate surface area is 94.6 Å². The lowest BCUT2D eigenvalue weighted by atomic mass is 10.2. The van der Waals surface area contributed by atoms with Gasteiger partial charge in [0.15, 0.2) is 0 Å². The predicted molar refractivity (Wildman–Crippen MR) is 60.1 cm³/mol. The van der Waals surface area contributed by atoms with Gasteiger partial charge in [0.05, 0.1) is 18.9 Å². The lowest BCUT2D eigenvalue weighted by Gasteiger charge is -2.19. The summed E-state index contributed by atoms with van der Waals surface area (Å²) >= 11 is 0. The van der Waals surface area contributed by atoms with Gasteiger partial charge < -0.3 is 15.4 Å². The number of anilines is 1. The van der Waals surface area contributed by atoms with Crippen LogP contribution in [0.5, 0.6) is 0 Å². The van der Waals surface area contributed by atoms with Crippen LogP contribution in [0.15, 0.2) is 0 Å². The molecule has 0 aliphatic carbocycles. The molecule has 86 valence electrons. The van der Waals surface area contributed by atoms with Crippen LogP contribution in [-0.4, -0.2) is 29.1 Å². The van der Waals surface area contributed by atoms with Gasteiger partial charge in [0.25, 0.3) is 0 Å². The van der Waals surface area contributed by atoms with E-state index in [4.69, 9.17) is 10.5 Å². The van der Waals surface area contributed by atoms with Gasteiger partial charge in [-0.15, -0.1) is 0 Å². The third-order valence-corrected chi connectivity index (χ3v) is 3.19. The molecule has 1 saturated heterocycles. The van der Waals surface area contributed by atoms with Crippen LogP contribution < -0.4 is 10.6 Å². The summed E-state index contributed by atoms with van der Waals surface area (Å²) in [5.41, 5.74) is 8.13. The number of hydrogen-bond acceptors (Lipinski definition) is 5. The second-order valence-corrected chi connectivity index (χ2v) is 4.51. The highest BCUT2D eigenvalue weighted by Gasteiger charge is 2.27. The number of nitrogens with two attached hydrogens (primary N) is 1. The van der Waals surface area contributed by atoms with E-state index in [1.54, 1.807) is 0 Å². The highest BCUT2D eigenvalue weighted by Crippen LogP contribution is 2.29. The zero-order chi connectivity index (χ0) is 11.1. The van der Waals surface area contributed by atoms with E-state index in [1.165, 1.54) is 0 Å². The van der Waals surface area contributed by atoms with Gasteiger partial charge in [0, 0.05) is 24.7 Å². The van der Waals surface area contributed by atoms with E-state index in [0.717, 1.165) is 42.4 Å². The molecular weight excluding hydrogens is 204 g/mol.